The summed E-state index contributed by atoms with van der Waals surface area (Å²) >= 11 is 4.56. The average molecular weight is 450 g/mol. The van der Waals surface area contributed by atoms with Gasteiger partial charge in [-0.25, -0.2) is 13.5 Å². The van der Waals surface area contributed by atoms with E-state index in [-0.39, 0.29) is 11.6 Å². The van der Waals surface area contributed by atoms with E-state index in [4.69, 9.17) is 0 Å². The lowest BCUT2D eigenvalue weighted by molar-refractivity contribution is 0.622. The molecule has 2 aromatic carbocycles. The summed E-state index contributed by atoms with van der Waals surface area (Å²) in [6, 6.07) is 9.26. The number of anilines is 2. The summed E-state index contributed by atoms with van der Waals surface area (Å²) in [7, 11) is 1.84. The third-order valence-electron chi connectivity index (χ3n) is 4.16. The van der Waals surface area contributed by atoms with Crippen molar-refractivity contribution in [2.45, 2.75) is 13.5 Å². The van der Waals surface area contributed by atoms with Crippen LogP contribution in [0.2, 0.25) is 0 Å². The molecular formula is C18H14BrF2N5S. The Bertz CT molecular complexity index is 1120. The first kappa shape index (κ1) is 18.0. The zero-order chi connectivity index (χ0) is 19.1. The third-order valence-corrected chi connectivity index (χ3v) is 5.41. The van der Waals surface area contributed by atoms with Crippen LogP contribution in [0.5, 0.6) is 0 Å². The van der Waals surface area contributed by atoms with E-state index >= 15 is 0 Å². The van der Waals surface area contributed by atoms with Crippen molar-refractivity contribution in [2.75, 3.05) is 11.9 Å². The van der Waals surface area contributed by atoms with Gasteiger partial charge in [-0.15, -0.1) is 0 Å². The van der Waals surface area contributed by atoms with E-state index in [2.05, 4.69) is 30.4 Å². The van der Waals surface area contributed by atoms with Crippen LogP contribution >= 0.6 is 27.5 Å². The standard InChI is InChI=1S/C18H14BrF2N5S/c1-3-26-17(13-8-11(19)9-14(21)15(13)23-26)25(2)18-22-16(24-27-18)10-4-6-12(20)7-5-10/h4-9H,3H2,1-2H3. The number of rotatable bonds is 4. The molecule has 0 saturated heterocycles. The number of hydrogen-bond acceptors (Lipinski definition) is 5. The van der Waals surface area contributed by atoms with Gasteiger partial charge in [0.2, 0.25) is 5.13 Å². The molecule has 0 aliphatic carbocycles. The summed E-state index contributed by atoms with van der Waals surface area (Å²) < 4.78 is 34.2. The molecule has 27 heavy (non-hydrogen) atoms. The summed E-state index contributed by atoms with van der Waals surface area (Å²) in [5.74, 6) is 0.554. The van der Waals surface area contributed by atoms with Crippen LogP contribution < -0.4 is 4.90 Å². The van der Waals surface area contributed by atoms with Crippen molar-refractivity contribution in [2.24, 2.45) is 0 Å². The lowest BCUT2D eigenvalue weighted by atomic mass is 10.2. The largest absolute Gasteiger partial charge is 0.304 e. The molecular weight excluding hydrogens is 436 g/mol. The molecule has 4 rings (SSSR count). The second kappa shape index (κ2) is 6.97. The van der Waals surface area contributed by atoms with Crippen molar-refractivity contribution in [1.82, 2.24) is 19.1 Å². The van der Waals surface area contributed by atoms with Crippen LogP contribution in [0.3, 0.4) is 0 Å². The van der Waals surface area contributed by atoms with E-state index in [0.717, 1.165) is 11.4 Å². The fourth-order valence-electron chi connectivity index (χ4n) is 2.88. The highest BCUT2D eigenvalue weighted by molar-refractivity contribution is 9.10. The highest BCUT2D eigenvalue weighted by Crippen LogP contribution is 2.35. The minimum atomic E-state index is -0.384. The summed E-state index contributed by atoms with van der Waals surface area (Å²) in [5, 5.41) is 5.70. The molecule has 0 amide bonds. The Morgan fingerprint density at radius 1 is 1.19 bits per heavy atom. The number of aryl methyl sites for hydroxylation is 1. The molecule has 0 unspecified atom stereocenters. The van der Waals surface area contributed by atoms with Gasteiger partial charge in [-0.1, -0.05) is 15.9 Å². The third kappa shape index (κ3) is 3.21. The fourth-order valence-corrected chi connectivity index (χ4v) is 3.96. The van der Waals surface area contributed by atoms with Gasteiger partial charge in [0.05, 0.1) is 0 Å². The van der Waals surface area contributed by atoms with Crippen molar-refractivity contribution in [3.8, 4) is 11.4 Å². The SMILES string of the molecule is CCn1nc2c(F)cc(Br)cc2c1N(C)c1nc(-c2ccc(F)cc2)ns1. The minimum Gasteiger partial charge on any atom is -0.304 e. The molecule has 5 nitrogen and oxygen atoms in total. The molecule has 138 valence electrons. The second-order valence-electron chi connectivity index (χ2n) is 5.89. The molecule has 0 N–H and O–H groups in total. The van der Waals surface area contributed by atoms with Crippen LogP contribution in [0, 0.1) is 11.6 Å². The van der Waals surface area contributed by atoms with Crippen molar-refractivity contribution < 1.29 is 8.78 Å². The van der Waals surface area contributed by atoms with Gasteiger partial charge in [0.25, 0.3) is 0 Å². The molecule has 0 aliphatic heterocycles. The summed E-state index contributed by atoms with van der Waals surface area (Å²) in [4.78, 5) is 6.40. The Balaban J connectivity index is 1.79. The van der Waals surface area contributed by atoms with Gasteiger partial charge in [-0.2, -0.15) is 14.5 Å². The van der Waals surface area contributed by atoms with Gasteiger partial charge in [-0.3, -0.25) is 0 Å². The quantitative estimate of drug-likeness (QED) is 0.419. The summed E-state index contributed by atoms with van der Waals surface area (Å²) in [6.45, 7) is 2.52. The topological polar surface area (TPSA) is 46.8 Å². The number of halogens is 3. The van der Waals surface area contributed by atoms with Crippen LogP contribution in [0.4, 0.5) is 19.7 Å². The van der Waals surface area contributed by atoms with Gasteiger partial charge in [0, 0.05) is 40.5 Å². The molecule has 0 atom stereocenters. The number of benzene rings is 2. The monoisotopic (exact) mass is 449 g/mol. The molecule has 0 aliphatic rings. The van der Waals surface area contributed by atoms with Gasteiger partial charge >= 0.3 is 0 Å². The summed E-state index contributed by atoms with van der Waals surface area (Å²) in [5.41, 5.74) is 1.04. The number of nitrogens with zero attached hydrogens (tertiary/aromatic N) is 5. The lowest BCUT2D eigenvalue weighted by Gasteiger charge is -2.17. The number of fused-ring (bicyclic) bond motifs is 1. The Morgan fingerprint density at radius 3 is 2.63 bits per heavy atom. The van der Waals surface area contributed by atoms with Crippen LogP contribution in [0.15, 0.2) is 40.9 Å². The average Bonchev–Trinajstić information content (AvgIpc) is 3.26. The van der Waals surface area contributed by atoms with Gasteiger partial charge in [0.1, 0.15) is 17.2 Å². The van der Waals surface area contributed by atoms with Gasteiger partial charge < -0.3 is 4.90 Å². The highest BCUT2D eigenvalue weighted by Gasteiger charge is 2.21. The van der Waals surface area contributed by atoms with Crippen molar-refractivity contribution in [3.05, 3.63) is 52.5 Å². The van der Waals surface area contributed by atoms with E-state index in [1.165, 1.54) is 29.7 Å². The Kier molecular flexibility index (Phi) is 4.65. The predicted octanol–water partition coefficient (Wildman–Crippen LogP) is 5.38. The molecule has 0 radical (unpaired) electrons. The first-order valence-electron chi connectivity index (χ1n) is 8.17. The zero-order valence-corrected chi connectivity index (χ0v) is 16.9. The minimum absolute atomic E-state index is 0.308. The van der Waals surface area contributed by atoms with Gasteiger partial charge in [-0.05, 0) is 43.3 Å². The van der Waals surface area contributed by atoms with E-state index in [1.54, 1.807) is 16.8 Å². The Labute approximate surface area is 166 Å². The molecule has 9 heteroatoms. The lowest BCUT2D eigenvalue weighted by Crippen LogP contribution is -2.15. The maximum absolute atomic E-state index is 14.3. The van der Waals surface area contributed by atoms with Crippen LogP contribution in [0.1, 0.15) is 6.92 Å². The Morgan fingerprint density at radius 2 is 1.93 bits per heavy atom. The molecule has 0 fully saturated rings. The van der Waals surface area contributed by atoms with Crippen LogP contribution in [-0.4, -0.2) is 26.2 Å². The molecule has 4 aromatic rings. The normalized spacial score (nSPS) is 11.3. The van der Waals surface area contributed by atoms with E-state index in [0.29, 0.717) is 32.9 Å². The van der Waals surface area contributed by atoms with E-state index in [9.17, 15) is 8.78 Å². The Hall–Kier alpha value is -2.39. The van der Waals surface area contributed by atoms with Crippen molar-refractivity contribution in [1.29, 1.82) is 0 Å². The molecule has 0 spiro atoms. The summed E-state index contributed by atoms with van der Waals surface area (Å²) in [6.07, 6.45) is 0. The van der Waals surface area contributed by atoms with Crippen molar-refractivity contribution in [3.63, 3.8) is 0 Å². The first-order chi connectivity index (χ1) is 13.0. The van der Waals surface area contributed by atoms with Crippen LogP contribution in [-0.2, 0) is 6.54 Å². The number of aromatic nitrogens is 4. The molecule has 2 heterocycles. The van der Waals surface area contributed by atoms with Crippen LogP contribution in [0.25, 0.3) is 22.3 Å². The molecule has 2 aromatic heterocycles. The highest BCUT2D eigenvalue weighted by atomic mass is 79.9. The smallest absolute Gasteiger partial charge is 0.210 e. The zero-order valence-electron chi connectivity index (χ0n) is 14.4. The fraction of sp³-hybridized carbons (Fsp3) is 0.167. The maximum atomic E-state index is 14.3. The number of hydrogen-bond donors (Lipinski definition) is 0. The van der Waals surface area contributed by atoms with E-state index in [1.807, 2.05) is 24.9 Å². The second-order valence-corrected chi connectivity index (χ2v) is 7.54. The molecule has 0 bridgehead atoms. The van der Waals surface area contributed by atoms with Crippen molar-refractivity contribution >= 4 is 49.3 Å². The van der Waals surface area contributed by atoms with E-state index < -0.39 is 0 Å². The molecule has 0 saturated carbocycles. The van der Waals surface area contributed by atoms with Gasteiger partial charge in [0.15, 0.2) is 11.6 Å². The predicted molar refractivity (Wildman–Crippen MR) is 106 cm³/mol. The first-order valence-corrected chi connectivity index (χ1v) is 9.73. The maximum Gasteiger partial charge on any atom is 0.210 e.